The lowest BCUT2D eigenvalue weighted by Crippen LogP contribution is -2.24. The highest BCUT2D eigenvalue weighted by molar-refractivity contribution is 5.96. The molecule has 5 nitrogen and oxygen atoms in total. The predicted molar refractivity (Wildman–Crippen MR) is 97.4 cm³/mol. The van der Waals surface area contributed by atoms with E-state index in [2.05, 4.69) is 16.0 Å². The number of anilines is 2. The third-order valence-electron chi connectivity index (χ3n) is 3.44. The first-order chi connectivity index (χ1) is 11.6. The van der Waals surface area contributed by atoms with Gasteiger partial charge in [-0.05, 0) is 55.3 Å². The minimum absolute atomic E-state index is 0.101. The highest BCUT2D eigenvalue weighted by atomic mass is 16.2. The molecule has 0 bridgehead atoms. The van der Waals surface area contributed by atoms with Crippen molar-refractivity contribution in [3.8, 4) is 0 Å². The van der Waals surface area contributed by atoms with Gasteiger partial charge in [-0.2, -0.15) is 0 Å². The van der Waals surface area contributed by atoms with Crippen LogP contribution in [-0.4, -0.2) is 24.9 Å². The first-order valence-electron chi connectivity index (χ1n) is 8.07. The zero-order valence-corrected chi connectivity index (χ0v) is 14.1. The van der Waals surface area contributed by atoms with E-state index >= 15 is 0 Å². The molecule has 0 unspecified atom stereocenters. The van der Waals surface area contributed by atoms with Gasteiger partial charge in [-0.3, -0.25) is 9.59 Å². The van der Waals surface area contributed by atoms with Crippen LogP contribution in [0.15, 0.2) is 48.5 Å². The van der Waals surface area contributed by atoms with Crippen molar-refractivity contribution >= 4 is 23.2 Å². The molecule has 2 aromatic carbocycles. The van der Waals surface area contributed by atoms with Crippen molar-refractivity contribution in [2.45, 2.75) is 20.3 Å². The van der Waals surface area contributed by atoms with E-state index in [1.54, 1.807) is 24.3 Å². The van der Waals surface area contributed by atoms with Crippen LogP contribution in [0.1, 0.15) is 29.3 Å². The minimum atomic E-state index is -0.139. The third-order valence-corrected chi connectivity index (χ3v) is 3.44. The molecule has 2 amide bonds. The summed E-state index contributed by atoms with van der Waals surface area (Å²) in [6.07, 6.45) is 0.897. The highest BCUT2D eigenvalue weighted by Gasteiger charge is 2.06. The fraction of sp³-hybridized carbons (Fsp3) is 0.263. The van der Waals surface area contributed by atoms with Crippen molar-refractivity contribution in [1.29, 1.82) is 0 Å². The van der Waals surface area contributed by atoms with Crippen LogP contribution in [0.4, 0.5) is 11.4 Å². The second-order valence-electron chi connectivity index (χ2n) is 5.60. The minimum Gasteiger partial charge on any atom is -0.376 e. The van der Waals surface area contributed by atoms with Crippen LogP contribution in [0.3, 0.4) is 0 Å². The summed E-state index contributed by atoms with van der Waals surface area (Å²) < 4.78 is 0. The summed E-state index contributed by atoms with van der Waals surface area (Å²) >= 11 is 0. The number of rotatable bonds is 7. The van der Waals surface area contributed by atoms with E-state index in [4.69, 9.17) is 0 Å². The van der Waals surface area contributed by atoms with Crippen molar-refractivity contribution in [2.24, 2.45) is 0 Å². The van der Waals surface area contributed by atoms with Gasteiger partial charge >= 0.3 is 0 Å². The predicted octanol–water partition coefficient (Wildman–Crippen LogP) is 3.19. The molecule has 0 atom stereocenters. The molecule has 0 fully saturated rings. The number of benzene rings is 2. The molecule has 0 aliphatic carbocycles. The second kappa shape index (κ2) is 8.72. The molecule has 2 rings (SSSR count). The molecule has 0 radical (unpaired) electrons. The fourth-order valence-electron chi connectivity index (χ4n) is 2.19. The van der Waals surface area contributed by atoms with Gasteiger partial charge in [-0.1, -0.05) is 19.1 Å². The van der Waals surface area contributed by atoms with E-state index < -0.39 is 0 Å². The Bertz CT molecular complexity index is 696. The van der Waals surface area contributed by atoms with Gasteiger partial charge in [-0.25, -0.2) is 0 Å². The van der Waals surface area contributed by atoms with Crippen LogP contribution in [0.2, 0.25) is 0 Å². The van der Waals surface area contributed by atoms with Gasteiger partial charge in [0.05, 0.1) is 6.54 Å². The molecule has 5 heteroatoms. The average molecular weight is 325 g/mol. The van der Waals surface area contributed by atoms with Crippen LogP contribution in [0.25, 0.3) is 0 Å². The Kier molecular flexibility index (Phi) is 6.37. The molecule has 126 valence electrons. The van der Waals surface area contributed by atoms with Gasteiger partial charge in [0.1, 0.15) is 0 Å². The van der Waals surface area contributed by atoms with Crippen molar-refractivity contribution in [1.82, 2.24) is 5.32 Å². The molecule has 0 aromatic heterocycles. The number of aryl methyl sites for hydroxylation is 1. The Labute approximate surface area is 142 Å². The number of hydrogen-bond acceptors (Lipinski definition) is 3. The molecule has 24 heavy (non-hydrogen) atoms. The van der Waals surface area contributed by atoms with Crippen molar-refractivity contribution in [3.63, 3.8) is 0 Å². The van der Waals surface area contributed by atoms with Crippen LogP contribution >= 0.6 is 0 Å². The summed E-state index contributed by atoms with van der Waals surface area (Å²) in [4.78, 5) is 23.8. The van der Waals surface area contributed by atoms with Crippen molar-refractivity contribution < 1.29 is 9.59 Å². The summed E-state index contributed by atoms with van der Waals surface area (Å²) in [5, 5.41) is 8.70. The summed E-state index contributed by atoms with van der Waals surface area (Å²) in [7, 11) is 0. The summed E-state index contributed by atoms with van der Waals surface area (Å²) in [5.74, 6) is -0.240. The van der Waals surface area contributed by atoms with Crippen LogP contribution in [0, 0.1) is 6.92 Å². The first-order valence-corrected chi connectivity index (χ1v) is 8.07. The largest absolute Gasteiger partial charge is 0.376 e. The normalized spacial score (nSPS) is 10.1. The number of amides is 2. The summed E-state index contributed by atoms with van der Waals surface area (Å²) in [6.45, 7) is 4.84. The lowest BCUT2D eigenvalue weighted by Gasteiger charge is -2.09. The van der Waals surface area contributed by atoms with Gasteiger partial charge in [0.15, 0.2) is 0 Å². The summed E-state index contributed by atoms with van der Waals surface area (Å²) in [6, 6.07) is 14.7. The van der Waals surface area contributed by atoms with Gasteiger partial charge in [-0.15, -0.1) is 0 Å². The van der Waals surface area contributed by atoms with Crippen LogP contribution < -0.4 is 16.0 Å². The molecule has 2 aromatic rings. The quantitative estimate of drug-likeness (QED) is 0.732. The lowest BCUT2D eigenvalue weighted by atomic mass is 10.2. The lowest BCUT2D eigenvalue weighted by molar-refractivity contribution is -0.114. The standard InChI is InChI=1S/C19H23N3O2/c1-3-11-20-19(24)15-7-9-16(10-8-15)22-18(23)13-21-17-6-4-5-14(2)12-17/h4-10,12,21H,3,11,13H2,1-2H3,(H,20,24)(H,22,23). The third kappa shape index (κ3) is 5.43. The van der Waals surface area contributed by atoms with E-state index in [1.807, 2.05) is 38.1 Å². The Morgan fingerprint density at radius 1 is 1.00 bits per heavy atom. The smallest absolute Gasteiger partial charge is 0.251 e. The SMILES string of the molecule is CCCNC(=O)c1ccc(NC(=O)CNc2cccc(C)c2)cc1. The topological polar surface area (TPSA) is 70.2 Å². The molecule has 0 heterocycles. The van der Waals surface area contributed by atoms with Crippen LogP contribution in [-0.2, 0) is 4.79 Å². The van der Waals surface area contributed by atoms with Gasteiger partial charge in [0, 0.05) is 23.5 Å². The number of nitrogens with one attached hydrogen (secondary N) is 3. The first kappa shape index (κ1) is 17.5. The van der Waals surface area contributed by atoms with Gasteiger partial charge in [0.2, 0.25) is 5.91 Å². The Hall–Kier alpha value is -2.82. The average Bonchev–Trinajstić information content (AvgIpc) is 2.58. The van der Waals surface area contributed by atoms with Gasteiger partial charge in [0.25, 0.3) is 5.91 Å². The molecule has 0 aliphatic rings. The maximum absolute atomic E-state index is 12.0. The maximum atomic E-state index is 12.0. The second-order valence-corrected chi connectivity index (χ2v) is 5.60. The Balaban J connectivity index is 1.84. The van der Waals surface area contributed by atoms with Gasteiger partial charge < -0.3 is 16.0 Å². The number of hydrogen-bond donors (Lipinski definition) is 3. The monoisotopic (exact) mass is 325 g/mol. The molecule has 0 saturated heterocycles. The molecule has 3 N–H and O–H groups in total. The van der Waals surface area contributed by atoms with E-state index in [0.29, 0.717) is 17.8 Å². The van der Waals surface area contributed by atoms with E-state index in [0.717, 1.165) is 17.7 Å². The fourth-order valence-corrected chi connectivity index (χ4v) is 2.19. The Morgan fingerprint density at radius 2 is 1.75 bits per heavy atom. The van der Waals surface area contributed by atoms with E-state index in [-0.39, 0.29) is 18.4 Å². The molecule has 0 aliphatic heterocycles. The van der Waals surface area contributed by atoms with Crippen molar-refractivity contribution in [2.75, 3.05) is 23.7 Å². The zero-order valence-electron chi connectivity index (χ0n) is 14.1. The number of carbonyl (C=O) groups excluding carboxylic acids is 2. The maximum Gasteiger partial charge on any atom is 0.251 e. The molecule has 0 saturated carbocycles. The molecular formula is C19H23N3O2. The molecule has 0 spiro atoms. The molecular weight excluding hydrogens is 302 g/mol. The Morgan fingerprint density at radius 3 is 2.42 bits per heavy atom. The highest BCUT2D eigenvalue weighted by Crippen LogP contribution is 2.11. The number of carbonyl (C=O) groups is 2. The summed E-state index contributed by atoms with van der Waals surface area (Å²) in [5.41, 5.74) is 3.29. The zero-order chi connectivity index (χ0) is 17.4. The van der Waals surface area contributed by atoms with Crippen molar-refractivity contribution in [3.05, 3.63) is 59.7 Å². The van der Waals surface area contributed by atoms with Crippen LogP contribution in [0.5, 0.6) is 0 Å². The van der Waals surface area contributed by atoms with E-state index in [1.165, 1.54) is 0 Å². The van der Waals surface area contributed by atoms with E-state index in [9.17, 15) is 9.59 Å².